The van der Waals surface area contributed by atoms with Crippen LogP contribution in [0.4, 0.5) is 0 Å². The van der Waals surface area contributed by atoms with Gasteiger partial charge in [0.05, 0.1) is 0 Å². The lowest BCUT2D eigenvalue weighted by molar-refractivity contribution is 0.430. The fourth-order valence-electron chi connectivity index (χ4n) is 1.84. The van der Waals surface area contributed by atoms with Crippen LogP contribution in [-0.4, -0.2) is 10.7 Å². The van der Waals surface area contributed by atoms with Crippen LogP contribution in [0, 0.1) is 5.92 Å². The highest BCUT2D eigenvalue weighted by molar-refractivity contribution is 9.10. The topological polar surface area (TPSA) is 0 Å². The predicted molar refractivity (Wildman–Crippen MR) is 87.5 cm³/mol. The number of rotatable bonds is 6. The number of benzene rings is 1. The van der Waals surface area contributed by atoms with Gasteiger partial charge in [-0.3, -0.25) is 0 Å². The third kappa shape index (κ3) is 4.36. The Hall–Kier alpha value is 0.660. The summed E-state index contributed by atoms with van der Waals surface area (Å²) in [5.74, 6) is 0.753. The Bertz CT molecular complexity index is 326. The fourth-order valence-corrected chi connectivity index (χ4v) is 4.24. The first-order valence-corrected chi connectivity index (χ1v) is 8.95. The third-order valence-corrected chi connectivity index (χ3v) is 5.84. The van der Waals surface area contributed by atoms with E-state index in [9.17, 15) is 0 Å². The highest BCUT2D eigenvalue weighted by Crippen LogP contribution is 2.35. The van der Waals surface area contributed by atoms with Gasteiger partial charge in [0.2, 0.25) is 0 Å². The van der Waals surface area contributed by atoms with E-state index < -0.39 is 0 Å². The maximum atomic E-state index is 3.70. The molecule has 3 heteroatoms. The van der Waals surface area contributed by atoms with Crippen LogP contribution in [0.3, 0.4) is 0 Å². The van der Waals surface area contributed by atoms with Gasteiger partial charge in [0, 0.05) is 20.5 Å². The van der Waals surface area contributed by atoms with Crippen LogP contribution in [0.25, 0.3) is 0 Å². The summed E-state index contributed by atoms with van der Waals surface area (Å²) in [6, 6.07) is 8.72. The Balaban J connectivity index is 2.93. The monoisotopic (exact) mass is 424 g/mol. The molecule has 0 fully saturated rings. The molecule has 0 radical (unpaired) electrons. The number of halogens is 3. The molecule has 17 heavy (non-hydrogen) atoms. The van der Waals surface area contributed by atoms with Gasteiger partial charge in [0.1, 0.15) is 0 Å². The third-order valence-electron chi connectivity index (χ3n) is 3.17. The van der Waals surface area contributed by atoms with Crippen molar-refractivity contribution < 1.29 is 0 Å². The van der Waals surface area contributed by atoms with Crippen LogP contribution in [-0.2, 0) is 5.41 Å². The van der Waals surface area contributed by atoms with E-state index in [-0.39, 0.29) is 5.41 Å². The fraction of sp³-hybridized carbons (Fsp3) is 0.571. The second-order valence-electron chi connectivity index (χ2n) is 4.99. The van der Waals surface area contributed by atoms with Crippen LogP contribution in [0.5, 0.6) is 0 Å². The highest BCUT2D eigenvalue weighted by Gasteiger charge is 2.29. The van der Waals surface area contributed by atoms with Gasteiger partial charge < -0.3 is 0 Å². The lowest BCUT2D eigenvalue weighted by Crippen LogP contribution is -2.30. The molecular formula is C14H19Br3. The zero-order valence-electron chi connectivity index (χ0n) is 10.3. The number of hydrogen-bond acceptors (Lipinski definition) is 0. The van der Waals surface area contributed by atoms with Gasteiger partial charge in [-0.05, 0) is 30.0 Å². The van der Waals surface area contributed by atoms with Crippen molar-refractivity contribution in [2.45, 2.75) is 32.1 Å². The molecule has 0 bridgehead atoms. The van der Waals surface area contributed by atoms with Crippen molar-refractivity contribution >= 4 is 47.8 Å². The Morgan fingerprint density at radius 1 is 1.06 bits per heavy atom. The summed E-state index contributed by atoms with van der Waals surface area (Å²) < 4.78 is 1.14. The molecule has 0 nitrogen and oxygen atoms in total. The Labute approximate surface area is 130 Å². The Kier molecular flexibility index (Phi) is 6.75. The largest absolute Gasteiger partial charge is 0.0918 e. The van der Waals surface area contributed by atoms with E-state index in [2.05, 4.69) is 85.9 Å². The van der Waals surface area contributed by atoms with Crippen LogP contribution in [0.2, 0.25) is 0 Å². The standard InChI is InChI=1S/C14H19Br3/c1-11(2)7-8-14(9-15,10-16)12-3-5-13(17)6-4-12/h3-6,11H,7-10H2,1-2H3. The average molecular weight is 427 g/mol. The molecule has 96 valence electrons. The minimum Gasteiger partial charge on any atom is -0.0918 e. The van der Waals surface area contributed by atoms with Crippen molar-refractivity contribution in [1.82, 2.24) is 0 Å². The van der Waals surface area contributed by atoms with E-state index in [0.29, 0.717) is 0 Å². The van der Waals surface area contributed by atoms with Crippen molar-refractivity contribution in [1.29, 1.82) is 0 Å². The van der Waals surface area contributed by atoms with Crippen molar-refractivity contribution in [2.24, 2.45) is 5.92 Å². The number of hydrogen-bond donors (Lipinski definition) is 0. The lowest BCUT2D eigenvalue weighted by atomic mass is 9.79. The molecule has 0 amide bonds. The van der Waals surface area contributed by atoms with E-state index in [4.69, 9.17) is 0 Å². The van der Waals surface area contributed by atoms with E-state index >= 15 is 0 Å². The summed E-state index contributed by atoms with van der Waals surface area (Å²) in [6.45, 7) is 4.57. The summed E-state index contributed by atoms with van der Waals surface area (Å²) in [6.07, 6.45) is 2.47. The summed E-state index contributed by atoms with van der Waals surface area (Å²) in [4.78, 5) is 0. The van der Waals surface area contributed by atoms with Crippen LogP contribution in [0.1, 0.15) is 32.3 Å². The summed E-state index contributed by atoms with van der Waals surface area (Å²) >= 11 is 10.9. The van der Waals surface area contributed by atoms with Gasteiger partial charge in [0.25, 0.3) is 0 Å². The zero-order valence-corrected chi connectivity index (χ0v) is 15.1. The molecule has 0 unspecified atom stereocenters. The van der Waals surface area contributed by atoms with Gasteiger partial charge >= 0.3 is 0 Å². The Morgan fingerprint density at radius 2 is 1.59 bits per heavy atom. The van der Waals surface area contributed by atoms with E-state index in [1.165, 1.54) is 18.4 Å². The highest BCUT2D eigenvalue weighted by atomic mass is 79.9. The number of alkyl halides is 2. The molecule has 0 aliphatic carbocycles. The van der Waals surface area contributed by atoms with Gasteiger partial charge in [-0.2, -0.15) is 0 Å². The van der Waals surface area contributed by atoms with Crippen molar-refractivity contribution in [3.63, 3.8) is 0 Å². The summed E-state index contributed by atoms with van der Waals surface area (Å²) in [7, 11) is 0. The molecule has 1 aromatic rings. The maximum absolute atomic E-state index is 3.70. The van der Waals surface area contributed by atoms with Crippen LogP contribution >= 0.6 is 47.8 Å². The predicted octanol–water partition coefficient (Wildman–Crippen LogP) is 5.91. The first-order chi connectivity index (χ1) is 8.04. The molecule has 0 aliphatic heterocycles. The van der Waals surface area contributed by atoms with Crippen molar-refractivity contribution in [3.05, 3.63) is 34.3 Å². The first kappa shape index (κ1) is 15.7. The normalized spacial score (nSPS) is 12.1. The van der Waals surface area contributed by atoms with E-state index in [0.717, 1.165) is 21.1 Å². The second-order valence-corrected chi connectivity index (χ2v) is 7.02. The molecule has 0 atom stereocenters. The van der Waals surface area contributed by atoms with Gasteiger partial charge in [-0.15, -0.1) is 0 Å². The van der Waals surface area contributed by atoms with Crippen LogP contribution in [0.15, 0.2) is 28.7 Å². The summed E-state index contributed by atoms with van der Waals surface area (Å²) in [5, 5.41) is 2.00. The molecule has 0 spiro atoms. The molecule has 1 aromatic carbocycles. The minimum absolute atomic E-state index is 0.213. The molecular weight excluding hydrogens is 408 g/mol. The molecule has 1 rings (SSSR count). The smallest absolute Gasteiger partial charge is 0.0175 e. The SMILES string of the molecule is CC(C)CCC(CBr)(CBr)c1ccc(Br)cc1. The van der Waals surface area contributed by atoms with Gasteiger partial charge in [-0.25, -0.2) is 0 Å². The van der Waals surface area contributed by atoms with Crippen molar-refractivity contribution in [3.8, 4) is 0 Å². The molecule has 0 aliphatic rings. The molecule has 0 saturated heterocycles. The molecule has 0 heterocycles. The molecule has 0 N–H and O–H groups in total. The quantitative estimate of drug-likeness (QED) is 0.496. The van der Waals surface area contributed by atoms with E-state index in [1.54, 1.807) is 0 Å². The van der Waals surface area contributed by atoms with Crippen molar-refractivity contribution in [2.75, 3.05) is 10.7 Å². The summed E-state index contributed by atoms with van der Waals surface area (Å²) in [5.41, 5.74) is 1.63. The zero-order chi connectivity index (χ0) is 12.9. The maximum Gasteiger partial charge on any atom is 0.0175 e. The Morgan fingerprint density at radius 3 is 2.00 bits per heavy atom. The van der Waals surface area contributed by atoms with Crippen LogP contribution < -0.4 is 0 Å². The van der Waals surface area contributed by atoms with Gasteiger partial charge in [0.15, 0.2) is 0 Å². The second kappa shape index (κ2) is 7.30. The molecule has 0 saturated carbocycles. The lowest BCUT2D eigenvalue weighted by Gasteiger charge is -2.31. The molecule has 0 aromatic heterocycles. The minimum atomic E-state index is 0.213. The van der Waals surface area contributed by atoms with Gasteiger partial charge in [-0.1, -0.05) is 80.2 Å². The van der Waals surface area contributed by atoms with E-state index in [1.807, 2.05) is 0 Å². The average Bonchev–Trinajstić information content (AvgIpc) is 2.32. The first-order valence-electron chi connectivity index (χ1n) is 5.92.